The third kappa shape index (κ3) is 4.87. The zero-order valence-electron chi connectivity index (χ0n) is 20.6. The lowest BCUT2D eigenvalue weighted by molar-refractivity contribution is -0.0159. The third-order valence-corrected chi connectivity index (χ3v) is 6.16. The van der Waals surface area contributed by atoms with Crippen molar-refractivity contribution in [2.75, 3.05) is 11.9 Å². The molecule has 1 aromatic carbocycles. The van der Waals surface area contributed by atoms with Crippen LogP contribution in [0.5, 0.6) is 5.75 Å². The van der Waals surface area contributed by atoms with E-state index in [9.17, 15) is 19.1 Å². The molecule has 12 heteroatoms. The van der Waals surface area contributed by atoms with Crippen molar-refractivity contribution in [2.24, 2.45) is 7.05 Å². The molecule has 192 valence electrons. The van der Waals surface area contributed by atoms with Crippen LogP contribution in [0, 0.1) is 0 Å². The number of rotatable bonds is 8. The Balaban J connectivity index is 1.45. The molecule has 1 atom stereocenters. The van der Waals surface area contributed by atoms with Crippen molar-refractivity contribution in [3.63, 3.8) is 0 Å². The summed E-state index contributed by atoms with van der Waals surface area (Å²) in [6.45, 7) is 2.74. The molecule has 2 N–H and O–H groups in total. The number of aryl methyl sites for hydroxylation is 1. The summed E-state index contributed by atoms with van der Waals surface area (Å²) in [6.07, 6.45) is 6.49. The van der Waals surface area contributed by atoms with E-state index in [0.717, 1.165) is 5.56 Å². The molecular formula is C25H26FN7O4. The smallest absolute Gasteiger partial charge is 0.261 e. The molecule has 3 aromatic heterocycles. The summed E-state index contributed by atoms with van der Waals surface area (Å²) in [5.41, 5.74) is 1.16. The maximum atomic E-state index is 14.5. The largest absolute Gasteiger partial charge is 0.487 e. The zero-order chi connectivity index (χ0) is 26.3. The molecule has 2 amide bonds. The van der Waals surface area contributed by atoms with Crippen LogP contribution in [0.2, 0.25) is 0 Å². The Bertz CT molecular complexity index is 1490. The summed E-state index contributed by atoms with van der Waals surface area (Å²) < 4.78 is 23.7. The highest BCUT2D eigenvalue weighted by atomic mass is 19.1. The number of alkyl halides is 1. The second-order valence-corrected chi connectivity index (χ2v) is 9.52. The number of aliphatic hydroxyl groups is 1. The van der Waals surface area contributed by atoms with E-state index in [2.05, 4.69) is 20.5 Å². The number of amides is 2. The first-order valence-corrected chi connectivity index (χ1v) is 11.6. The maximum Gasteiger partial charge on any atom is 0.261 e. The number of carbonyl (C=O) groups is 2. The third-order valence-electron chi connectivity index (χ3n) is 6.16. The molecule has 4 heterocycles. The minimum atomic E-state index is -1.63. The average Bonchev–Trinajstić information content (AvgIpc) is 3.54. The van der Waals surface area contributed by atoms with Gasteiger partial charge >= 0.3 is 0 Å². The number of hydrogen-bond donors (Lipinski definition) is 2. The summed E-state index contributed by atoms with van der Waals surface area (Å²) in [4.78, 5) is 31.8. The van der Waals surface area contributed by atoms with Gasteiger partial charge in [-0.3, -0.25) is 14.3 Å². The fourth-order valence-corrected chi connectivity index (χ4v) is 4.07. The van der Waals surface area contributed by atoms with Crippen molar-refractivity contribution < 1.29 is 23.8 Å². The number of anilines is 1. The Morgan fingerprint density at radius 2 is 2.11 bits per heavy atom. The van der Waals surface area contributed by atoms with E-state index in [1.165, 1.54) is 29.5 Å². The minimum absolute atomic E-state index is 0.134. The number of ether oxygens (including phenoxy) is 1. The van der Waals surface area contributed by atoms with Gasteiger partial charge in [0.15, 0.2) is 5.65 Å². The van der Waals surface area contributed by atoms with Crippen molar-refractivity contribution in [2.45, 2.75) is 38.8 Å². The lowest BCUT2D eigenvalue weighted by Gasteiger charge is -2.26. The number of halogens is 1. The van der Waals surface area contributed by atoms with Gasteiger partial charge in [0, 0.05) is 43.3 Å². The van der Waals surface area contributed by atoms with Crippen LogP contribution in [0.25, 0.3) is 5.65 Å². The monoisotopic (exact) mass is 507 g/mol. The van der Waals surface area contributed by atoms with Crippen LogP contribution in [0.1, 0.15) is 45.7 Å². The summed E-state index contributed by atoms with van der Waals surface area (Å²) >= 11 is 0. The van der Waals surface area contributed by atoms with Crippen LogP contribution in [-0.2, 0) is 20.2 Å². The highest BCUT2D eigenvalue weighted by Gasteiger charge is 2.35. The highest BCUT2D eigenvalue weighted by Crippen LogP contribution is 2.35. The molecule has 11 nitrogen and oxygen atoms in total. The number of benzene rings is 1. The molecule has 0 bridgehead atoms. The standard InChI is InChI=1S/C25H26FN7O4/c1-25(2,36)21(26)13-32-12-16-7-19(30-23(34)18-10-29-33-6-4-5-27-22(18)33)20(8-17(16)24(32)35)37-14-15-9-28-31(3)11-15/h4-11,21,36H,12-14H2,1-3H3,(H,30,34)/t21-/m1/s1. The Morgan fingerprint density at radius 3 is 2.84 bits per heavy atom. The van der Waals surface area contributed by atoms with Gasteiger partial charge in [0.05, 0.1) is 30.2 Å². The number of aromatic nitrogens is 5. The molecular weight excluding hydrogens is 481 g/mol. The van der Waals surface area contributed by atoms with Crippen molar-refractivity contribution in [3.8, 4) is 5.75 Å². The molecule has 0 fully saturated rings. The van der Waals surface area contributed by atoms with Gasteiger partial charge in [-0.2, -0.15) is 10.2 Å². The van der Waals surface area contributed by atoms with Gasteiger partial charge in [-0.25, -0.2) is 13.9 Å². The fourth-order valence-electron chi connectivity index (χ4n) is 4.07. The fraction of sp³-hybridized carbons (Fsp3) is 0.320. The van der Waals surface area contributed by atoms with Crippen molar-refractivity contribution in [3.05, 3.63) is 71.4 Å². The second-order valence-electron chi connectivity index (χ2n) is 9.52. The average molecular weight is 508 g/mol. The molecule has 37 heavy (non-hydrogen) atoms. The van der Waals surface area contributed by atoms with Crippen molar-refractivity contribution in [1.82, 2.24) is 29.3 Å². The summed E-state index contributed by atoms with van der Waals surface area (Å²) in [5.74, 6) is -0.556. The molecule has 5 rings (SSSR count). The minimum Gasteiger partial charge on any atom is -0.487 e. The first-order chi connectivity index (χ1) is 17.6. The van der Waals surface area contributed by atoms with E-state index in [4.69, 9.17) is 4.74 Å². The summed E-state index contributed by atoms with van der Waals surface area (Å²) in [5, 5.41) is 21.1. The van der Waals surface area contributed by atoms with Gasteiger partial charge in [-0.15, -0.1) is 0 Å². The SMILES string of the molecule is Cn1cc(COc2cc3c(cc2NC(=O)c2cnn4cccnc24)CN(C[C@@H](F)C(C)(C)O)C3=O)cn1. The van der Waals surface area contributed by atoms with Crippen LogP contribution >= 0.6 is 0 Å². The van der Waals surface area contributed by atoms with Crippen LogP contribution in [0.15, 0.2) is 49.2 Å². The van der Waals surface area contributed by atoms with Crippen molar-refractivity contribution >= 4 is 23.1 Å². The molecule has 1 aliphatic rings. The van der Waals surface area contributed by atoms with Gasteiger partial charge in [0.25, 0.3) is 11.8 Å². The maximum absolute atomic E-state index is 14.5. The summed E-state index contributed by atoms with van der Waals surface area (Å²) in [7, 11) is 1.79. The Hall–Kier alpha value is -4.32. The first kappa shape index (κ1) is 24.4. The Kier molecular flexibility index (Phi) is 6.12. The van der Waals surface area contributed by atoms with Crippen LogP contribution in [0.3, 0.4) is 0 Å². The van der Waals surface area contributed by atoms with E-state index >= 15 is 0 Å². The molecule has 0 unspecified atom stereocenters. The summed E-state index contributed by atoms with van der Waals surface area (Å²) in [6, 6.07) is 4.91. The molecule has 0 saturated heterocycles. The first-order valence-electron chi connectivity index (χ1n) is 11.6. The molecule has 0 aliphatic carbocycles. The normalized spacial score (nSPS) is 14.2. The van der Waals surface area contributed by atoms with Crippen LogP contribution in [0.4, 0.5) is 10.1 Å². The highest BCUT2D eigenvalue weighted by molar-refractivity contribution is 6.09. The van der Waals surface area contributed by atoms with Gasteiger partial charge in [-0.1, -0.05) is 0 Å². The van der Waals surface area contributed by atoms with Gasteiger partial charge in [0.2, 0.25) is 0 Å². The quantitative estimate of drug-likeness (QED) is 0.375. The Labute approximate surface area is 211 Å². The van der Waals surface area contributed by atoms with Gasteiger partial charge in [-0.05, 0) is 37.6 Å². The van der Waals surface area contributed by atoms with Gasteiger partial charge < -0.3 is 20.1 Å². The van der Waals surface area contributed by atoms with E-state index < -0.39 is 17.7 Å². The van der Waals surface area contributed by atoms with E-state index in [1.54, 1.807) is 54.7 Å². The predicted molar refractivity (Wildman–Crippen MR) is 131 cm³/mol. The lowest BCUT2D eigenvalue weighted by Crippen LogP contribution is -2.42. The molecule has 0 spiro atoms. The number of carbonyl (C=O) groups excluding carboxylic acids is 2. The van der Waals surface area contributed by atoms with E-state index in [0.29, 0.717) is 22.5 Å². The Morgan fingerprint density at radius 1 is 1.30 bits per heavy atom. The molecule has 0 radical (unpaired) electrons. The number of fused-ring (bicyclic) bond motifs is 2. The lowest BCUT2D eigenvalue weighted by atomic mass is 10.0. The van der Waals surface area contributed by atoms with E-state index in [-0.39, 0.29) is 36.9 Å². The number of nitrogens with zero attached hydrogens (tertiary/aromatic N) is 6. The molecule has 4 aromatic rings. The second kappa shape index (κ2) is 9.28. The number of hydrogen-bond acceptors (Lipinski definition) is 7. The van der Waals surface area contributed by atoms with Crippen LogP contribution in [-0.4, -0.2) is 64.5 Å². The topological polar surface area (TPSA) is 127 Å². The van der Waals surface area contributed by atoms with E-state index in [1.807, 2.05) is 0 Å². The predicted octanol–water partition coefficient (Wildman–Crippen LogP) is 2.36. The molecule has 0 saturated carbocycles. The van der Waals surface area contributed by atoms with Crippen molar-refractivity contribution in [1.29, 1.82) is 0 Å². The van der Waals surface area contributed by atoms with Gasteiger partial charge in [0.1, 0.15) is 24.1 Å². The zero-order valence-corrected chi connectivity index (χ0v) is 20.6. The van der Waals surface area contributed by atoms with Crippen LogP contribution < -0.4 is 10.1 Å². The number of nitrogens with one attached hydrogen (secondary N) is 1. The molecule has 1 aliphatic heterocycles.